The molecule has 0 bridgehead atoms. The maximum absolute atomic E-state index is 12.5. The average Bonchev–Trinajstić information content (AvgIpc) is 3.21. The number of hydrogen-bond acceptors (Lipinski definition) is 7. The van der Waals surface area contributed by atoms with Crippen LogP contribution in [0.3, 0.4) is 0 Å². The first-order chi connectivity index (χ1) is 13.5. The molecule has 1 amide bonds. The van der Waals surface area contributed by atoms with E-state index in [4.69, 9.17) is 4.98 Å². The Kier molecular flexibility index (Phi) is 5.63. The molecule has 3 aromatic rings. The molecule has 28 heavy (non-hydrogen) atoms. The molecule has 4 rings (SSSR count). The predicted molar refractivity (Wildman–Crippen MR) is 116 cm³/mol. The monoisotopic (exact) mass is 416 g/mol. The fourth-order valence-electron chi connectivity index (χ4n) is 3.34. The van der Waals surface area contributed by atoms with Crippen LogP contribution < -0.4 is 16.0 Å². The van der Waals surface area contributed by atoms with Crippen LogP contribution in [0, 0.1) is 0 Å². The van der Waals surface area contributed by atoms with Crippen LogP contribution in [0.4, 0.5) is 5.00 Å². The van der Waals surface area contributed by atoms with Crippen molar-refractivity contribution >= 4 is 43.8 Å². The molecule has 2 aromatic heterocycles. The van der Waals surface area contributed by atoms with Gasteiger partial charge in [0.1, 0.15) is 15.8 Å². The minimum Gasteiger partial charge on any atom is -0.508 e. The van der Waals surface area contributed by atoms with Gasteiger partial charge in [0.25, 0.3) is 0 Å². The van der Waals surface area contributed by atoms with Gasteiger partial charge in [-0.1, -0.05) is 13.8 Å². The topological polar surface area (TPSA) is 86.3 Å². The van der Waals surface area contributed by atoms with Crippen molar-refractivity contribution in [3.8, 4) is 16.3 Å². The highest BCUT2D eigenvalue weighted by Crippen LogP contribution is 2.45. The number of rotatable bonds is 6. The van der Waals surface area contributed by atoms with E-state index < -0.39 is 0 Å². The molecule has 0 atom stereocenters. The summed E-state index contributed by atoms with van der Waals surface area (Å²) in [4.78, 5) is 18.5. The van der Waals surface area contributed by atoms with Crippen LogP contribution in [0.15, 0.2) is 18.2 Å². The summed E-state index contributed by atoms with van der Waals surface area (Å²) in [6.07, 6.45) is 1.36. The molecule has 0 saturated carbocycles. The van der Waals surface area contributed by atoms with E-state index >= 15 is 0 Å². The first-order valence-corrected chi connectivity index (χ1v) is 11.1. The van der Waals surface area contributed by atoms with E-state index in [0.717, 1.165) is 45.3 Å². The van der Waals surface area contributed by atoms with Crippen molar-refractivity contribution in [3.63, 3.8) is 0 Å². The SMILES string of the molecule is CC(C)NCCC(=O)Nc1sc2c(c1-c1nc3cc(O)ccc3s1)CCNC2. The lowest BCUT2D eigenvalue weighted by molar-refractivity contribution is -0.116. The van der Waals surface area contributed by atoms with E-state index in [2.05, 4.69) is 29.8 Å². The number of aromatic hydroxyl groups is 1. The second-order valence-corrected chi connectivity index (χ2v) is 9.35. The van der Waals surface area contributed by atoms with Crippen LogP contribution in [0.2, 0.25) is 0 Å². The molecule has 148 valence electrons. The van der Waals surface area contributed by atoms with Gasteiger partial charge in [-0.05, 0) is 30.7 Å². The zero-order chi connectivity index (χ0) is 19.7. The molecule has 0 saturated heterocycles. The number of carbonyl (C=O) groups is 1. The molecule has 1 aliphatic rings. The van der Waals surface area contributed by atoms with Crippen molar-refractivity contribution < 1.29 is 9.90 Å². The molecule has 3 heterocycles. The van der Waals surface area contributed by atoms with Crippen molar-refractivity contribution in [1.82, 2.24) is 15.6 Å². The Morgan fingerprint density at radius 3 is 3.04 bits per heavy atom. The fraction of sp³-hybridized carbons (Fsp3) is 0.400. The Labute approximate surface area is 172 Å². The molecule has 1 aromatic carbocycles. The molecule has 0 fully saturated rings. The number of fused-ring (bicyclic) bond motifs is 2. The van der Waals surface area contributed by atoms with Crippen molar-refractivity contribution in [1.29, 1.82) is 0 Å². The Balaban J connectivity index is 1.66. The molecule has 1 aliphatic heterocycles. The number of anilines is 1. The Morgan fingerprint density at radius 1 is 1.36 bits per heavy atom. The molecule has 0 unspecified atom stereocenters. The number of thiophene rings is 1. The number of phenols is 1. The van der Waals surface area contributed by atoms with Gasteiger partial charge < -0.3 is 21.1 Å². The lowest BCUT2D eigenvalue weighted by Gasteiger charge is -2.13. The summed E-state index contributed by atoms with van der Waals surface area (Å²) in [7, 11) is 0. The summed E-state index contributed by atoms with van der Waals surface area (Å²) in [5, 5.41) is 21.3. The molecule has 0 spiro atoms. The van der Waals surface area contributed by atoms with Crippen LogP contribution in [-0.4, -0.2) is 35.1 Å². The van der Waals surface area contributed by atoms with Crippen LogP contribution in [0.1, 0.15) is 30.7 Å². The summed E-state index contributed by atoms with van der Waals surface area (Å²) in [5.74, 6) is 0.229. The van der Waals surface area contributed by atoms with Gasteiger partial charge in [-0.3, -0.25) is 4.79 Å². The molecule has 4 N–H and O–H groups in total. The van der Waals surface area contributed by atoms with E-state index in [1.165, 1.54) is 10.4 Å². The van der Waals surface area contributed by atoms with E-state index in [1.54, 1.807) is 34.8 Å². The maximum Gasteiger partial charge on any atom is 0.226 e. The number of amides is 1. The van der Waals surface area contributed by atoms with Gasteiger partial charge in [-0.2, -0.15) is 0 Å². The first-order valence-electron chi connectivity index (χ1n) is 9.49. The Morgan fingerprint density at radius 2 is 2.21 bits per heavy atom. The van der Waals surface area contributed by atoms with Gasteiger partial charge in [0, 0.05) is 42.1 Å². The minimum atomic E-state index is 0.0136. The van der Waals surface area contributed by atoms with Crippen molar-refractivity contribution in [2.75, 3.05) is 18.4 Å². The third-order valence-electron chi connectivity index (χ3n) is 4.67. The van der Waals surface area contributed by atoms with E-state index in [0.29, 0.717) is 19.0 Å². The number of aromatic nitrogens is 1. The van der Waals surface area contributed by atoms with E-state index in [9.17, 15) is 9.90 Å². The van der Waals surface area contributed by atoms with Crippen LogP contribution in [-0.2, 0) is 17.8 Å². The summed E-state index contributed by atoms with van der Waals surface area (Å²) in [6.45, 7) is 6.55. The highest BCUT2D eigenvalue weighted by Gasteiger charge is 2.25. The smallest absolute Gasteiger partial charge is 0.226 e. The number of nitrogens with zero attached hydrogens (tertiary/aromatic N) is 1. The quantitative estimate of drug-likeness (QED) is 0.492. The van der Waals surface area contributed by atoms with Crippen molar-refractivity contribution in [2.24, 2.45) is 0 Å². The second-order valence-electron chi connectivity index (χ2n) is 7.21. The fourth-order valence-corrected chi connectivity index (χ4v) is 5.66. The lowest BCUT2D eigenvalue weighted by Crippen LogP contribution is -2.27. The van der Waals surface area contributed by atoms with Gasteiger partial charge in [0.05, 0.1) is 10.2 Å². The van der Waals surface area contributed by atoms with Gasteiger partial charge in [-0.15, -0.1) is 22.7 Å². The largest absolute Gasteiger partial charge is 0.508 e. The molecule has 8 heteroatoms. The molecule has 6 nitrogen and oxygen atoms in total. The number of nitrogens with one attached hydrogen (secondary N) is 3. The summed E-state index contributed by atoms with van der Waals surface area (Å²) in [5.41, 5.74) is 3.11. The Hall–Kier alpha value is -2.00. The number of hydrogen-bond donors (Lipinski definition) is 4. The van der Waals surface area contributed by atoms with Crippen molar-refractivity contribution in [3.05, 3.63) is 28.6 Å². The predicted octanol–water partition coefficient (Wildman–Crippen LogP) is 3.70. The van der Waals surface area contributed by atoms with Gasteiger partial charge in [0.15, 0.2) is 0 Å². The highest BCUT2D eigenvalue weighted by atomic mass is 32.1. The normalized spacial score (nSPS) is 13.8. The summed E-state index contributed by atoms with van der Waals surface area (Å²) < 4.78 is 1.03. The zero-order valence-corrected chi connectivity index (χ0v) is 17.6. The molecular formula is C20H24N4O2S2. The summed E-state index contributed by atoms with van der Waals surface area (Å²) >= 11 is 3.24. The second kappa shape index (κ2) is 8.16. The number of carbonyl (C=O) groups excluding carboxylic acids is 1. The van der Waals surface area contributed by atoms with Crippen molar-refractivity contribution in [2.45, 2.75) is 39.3 Å². The molecule has 0 aliphatic carbocycles. The van der Waals surface area contributed by atoms with Gasteiger partial charge in [-0.25, -0.2) is 4.98 Å². The highest BCUT2D eigenvalue weighted by molar-refractivity contribution is 7.22. The lowest BCUT2D eigenvalue weighted by atomic mass is 10.0. The molecule has 0 radical (unpaired) electrons. The number of phenolic OH excluding ortho intramolecular Hbond substituents is 1. The van der Waals surface area contributed by atoms with E-state index in [-0.39, 0.29) is 11.7 Å². The summed E-state index contributed by atoms with van der Waals surface area (Å²) in [6, 6.07) is 5.62. The third-order valence-corrected chi connectivity index (χ3v) is 6.87. The van der Waals surface area contributed by atoms with E-state index in [1.807, 2.05) is 6.07 Å². The number of benzene rings is 1. The van der Waals surface area contributed by atoms with Gasteiger partial charge >= 0.3 is 0 Å². The van der Waals surface area contributed by atoms with Gasteiger partial charge in [0.2, 0.25) is 5.91 Å². The van der Waals surface area contributed by atoms with Crippen LogP contribution in [0.25, 0.3) is 20.8 Å². The van der Waals surface area contributed by atoms with Crippen LogP contribution >= 0.6 is 22.7 Å². The third kappa shape index (κ3) is 4.05. The first kappa shape index (κ1) is 19.3. The zero-order valence-electron chi connectivity index (χ0n) is 16.0. The molecular weight excluding hydrogens is 392 g/mol. The van der Waals surface area contributed by atoms with Crippen LogP contribution in [0.5, 0.6) is 5.75 Å². The Bertz CT molecular complexity index is 1010. The maximum atomic E-state index is 12.5. The average molecular weight is 417 g/mol. The number of thiazole rings is 1. The standard InChI is InChI=1S/C20H24N4O2S2/c1-11(2)22-8-6-17(26)24-20-18(13-5-7-21-10-16(13)28-20)19-23-14-9-12(25)3-4-15(14)27-19/h3-4,9,11,21-22,25H,5-8,10H2,1-2H3,(H,24,26). The minimum absolute atomic E-state index is 0.0136.